The van der Waals surface area contributed by atoms with Crippen LogP contribution < -0.4 is 5.32 Å². The standard InChI is InChI=1S/C18H15BrClN/c1-21-18(16-4-2-3-5-17(16)20)14-7-6-13-11-15(19)9-8-12(13)10-14/h2-11,18,21H,1H3. The molecule has 0 spiro atoms. The van der Waals surface area contributed by atoms with E-state index in [-0.39, 0.29) is 6.04 Å². The molecule has 0 aliphatic rings. The number of benzene rings is 3. The van der Waals surface area contributed by atoms with Crippen LogP contribution in [0.2, 0.25) is 5.02 Å². The summed E-state index contributed by atoms with van der Waals surface area (Å²) in [6.07, 6.45) is 0. The lowest BCUT2D eigenvalue weighted by molar-refractivity contribution is 0.693. The molecule has 0 saturated heterocycles. The highest BCUT2D eigenvalue weighted by Gasteiger charge is 2.15. The third-order valence-corrected chi connectivity index (χ3v) is 4.50. The zero-order valence-electron chi connectivity index (χ0n) is 11.6. The third kappa shape index (κ3) is 2.98. The van der Waals surface area contributed by atoms with Crippen LogP contribution in [0.15, 0.2) is 65.1 Å². The van der Waals surface area contributed by atoms with Crippen LogP contribution in [-0.2, 0) is 0 Å². The van der Waals surface area contributed by atoms with E-state index in [9.17, 15) is 0 Å². The first-order chi connectivity index (χ1) is 10.2. The van der Waals surface area contributed by atoms with Gasteiger partial charge in [-0.1, -0.05) is 63.9 Å². The molecule has 106 valence electrons. The molecular formula is C18H15BrClN. The van der Waals surface area contributed by atoms with E-state index in [1.54, 1.807) is 0 Å². The van der Waals surface area contributed by atoms with Crippen molar-refractivity contribution in [1.29, 1.82) is 0 Å². The van der Waals surface area contributed by atoms with Crippen LogP contribution >= 0.6 is 27.5 Å². The number of fused-ring (bicyclic) bond motifs is 1. The maximum atomic E-state index is 6.34. The third-order valence-electron chi connectivity index (χ3n) is 3.66. The van der Waals surface area contributed by atoms with Crippen molar-refractivity contribution in [2.45, 2.75) is 6.04 Å². The molecule has 3 aromatic carbocycles. The van der Waals surface area contributed by atoms with Crippen molar-refractivity contribution < 1.29 is 0 Å². The van der Waals surface area contributed by atoms with Gasteiger partial charge in [0.1, 0.15) is 0 Å². The summed E-state index contributed by atoms with van der Waals surface area (Å²) in [5.74, 6) is 0. The predicted octanol–water partition coefficient (Wildman–Crippen LogP) is 5.56. The van der Waals surface area contributed by atoms with Crippen molar-refractivity contribution in [3.05, 3.63) is 81.3 Å². The van der Waals surface area contributed by atoms with Gasteiger partial charge in [0.25, 0.3) is 0 Å². The summed E-state index contributed by atoms with van der Waals surface area (Å²) in [5, 5.41) is 6.59. The van der Waals surface area contributed by atoms with Gasteiger partial charge in [-0.15, -0.1) is 0 Å². The summed E-state index contributed by atoms with van der Waals surface area (Å²) in [4.78, 5) is 0. The second-order valence-corrected chi connectivity index (χ2v) is 6.32. The molecule has 1 nitrogen and oxygen atoms in total. The molecular weight excluding hydrogens is 346 g/mol. The molecule has 0 aliphatic heterocycles. The van der Waals surface area contributed by atoms with Crippen LogP contribution in [0, 0.1) is 0 Å². The van der Waals surface area contributed by atoms with Gasteiger partial charge in [0.15, 0.2) is 0 Å². The Morgan fingerprint density at radius 3 is 2.43 bits per heavy atom. The van der Waals surface area contributed by atoms with Crippen molar-refractivity contribution in [1.82, 2.24) is 5.32 Å². The second kappa shape index (κ2) is 6.18. The molecule has 0 fully saturated rings. The van der Waals surface area contributed by atoms with Crippen molar-refractivity contribution in [3.63, 3.8) is 0 Å². The van der Waals surface area contributed by atoms with Crippen LogP contribution in [0.3, 0.4) is 0 Å². The summed E-state index contributed by atoms with van der Waals surface area (Å²) in [5.41, 5.74) is 2.30. The molecule has 3 heteroatoms. The lowest BCUT2D eigenvalue weighted by atomic mass is 9.96. The maximum Gasteiger partial charge on any atom is 0.0589 e. The Kier molecular flexibility index (Phi) is 4.29. The van der Waals surface area contributed by atoms with E-state index in [1.165, 1.54) is 16.3 Å². The Hall–Kier alpha value is -1.35. The zero-order chi connectivity index (χ0) is 14.8. The van der Waals surface area contributed by atoms with Crippen LogP contribution in [-0.4, -0.2) is 7.05 Å². The van der Waals surface area contributed by atoms with Crippen molar-refractivity contribution >= 4 is 38.3 Å². The minimum atomic E-state index is 0.0896. The van der Waals surface area contributed by atoms with E-state index >= 15 is 0 Å². The second-order valence-electron chi connectivity index (χ2n) is 4.99. The molecule has 0 aromatic heterocycles. The molecule has 1 N–H and O–H groups in total. The minimum absolute atomic E-state index is 0.0896. The first-order valence-corrected chi connectivity index (χ1v) is 7.97. The van der Waals surface area contributed by atoms with Crippen LogP contribution in [0.1, 0.15) is 17.2 Å². The van der Waals surface area contributed by atoms with Crippen LogP contribution in [0.25, 0.3) is 10.8 Å². The lowest BCUT2D eigenvalue weighted by Crippen LogP contribution is -2.17. The Morgan fingerprint density at radius 1 is 0.952 bits per heavy atom. The molecule has 3 aromatic rings. The largest absolute Gasteiger partial charge is 0.309 e. The fourth-order valence-electron chi connectivity index (χ4n) is 2.63. The molecule has 3 rings (SSSR count). The highest BCUT2D eigenvalue weighted by Crippen LogP contribution is 2.30. The Morgan fingerprint density at radius 2 is 1.67 bits per heavy atom. The highest BCUT2D eigenvalue weighted by molar-refractivity contribution is 9.10. The Labute approximate surface area is 138 Å². The summed E-state index contributed by atoms with van der Waals surface area (Å²) in [7, 11) is 1.96. The van der Waals surface area contributed by atoms with E-state index in [1.807, 2.05) is 25.2 Å². The van der Waals surface area contributed by atoms with E-state index in [0.717, 1.165) is 15.1 Å². The predicted molar refractivity (Wildman–Crippen MR) is 94.0 cm³/mol. The molecule has 1 atom stereocenters. The zero-order valence-corrected chi connectivity index (χ0v) is 13.9. The number of halogens is 2. The van der Waals surface area contributed by atoms with Gasteiger partial charge in [0.2, 0.25) is 0 Å². The monoisotopic (exact) mass is 359 g/mol. The average Bonchev–Trinajstić information content (AvgIpc) is 2.50. The highest BCUT2D eigenvalue weighted by atomic mass is 79.9. The number of rotatable bonds is 3. The molecule has 0 bridgehead atoms. The molecule has 0 saturated carbocycles. The molecule has 0 heterocycles. The van der Waals surface area contributed by atoms with Gasteiger partial charge in [-0.05, 0) is 53.2 Å². The van der Waals surface area contributed by atoms with E-state index in [0.29, 0.717) is 0 Å². The SMILES string of the molecule is CNC(c1ccc2cc(Br)ccc2c1)c1ccccc1Cl. The molecule has 0 radical (unpaired) electrons. The fourth-order valence-corrected chi connectivity index (χ4v) is 3.25. The van der Waals surface area contributed by atoms with Gasteiger partial charge < -0.3 is 5.32 Å². The fraction of sp³-hybridized carbons (Fsp3) is 0.111. The summed E-state index contributed by atoms with van der Waals surface area (Å²) in [6, 6.07) is 20.9. The normalized spacial score (nSPS) is 12.5. The van der Waals surface area contributed by atoms with Crippen LogP contribution in [0.5, 0.6) is 0 Å². The first kappa shape index (κ1) is 14.6. The van der Waals surface area contributed by atoms with E-state index in [4.69, 9.17) is 11.6 Å². The summed E-state index contributed by atoms with van der Waals surface area (Å²) < 4.78 is 1.10. The average molecular weight is 361 g/mol. The quantitative estimate of drug-likeness (QED) is 0.644. The van der Waals surface area contributed by atoms with E-state index < -0.39 is 0 Å². The van der Waals surface area contributed by atoms with Gasteiger partial charge in [-0.25, -0.2) is 0 Å². The summed E-state index contributed by atoms with van der Waals surface area (Å²) in [6.45, 7) is 0. The van der Waals surface area contributed by atoms with Gasteiger partial charge in [-0.3, -0.25) is 0 Å². The minimum Gasteiger partial charge on any atom is -0.309 e. The molecule has 1 unspecified atom stereocenters. The topological polar surface area (TPSA) is 12.0 Å². The summed E-state index contributed by atoms with van der Waals surface area (Å²) >= 11 is 9.85. The number of hydrogen-bond donors (Lipinski definition) is 1. The van der Waals surface area contributed by atoms with Crippen molar-refractivity contribution in [2.75, 3.05) is 7.05 Å². The van der Waals surface area contributed by atoms with Gasteiger partial charge in [0.05, 0.1) is 6.04 Å². The molecule has 0 aliphatic carbocycles. The Balaban J connectivity index is 2.09. The molecule has 21 heavy (non-hydrogen) atoms. The van der Waals surface area contributed by atoms with Crippen molar-refractivity contribution in [2.24, 2.45) is 0 Å². The number of hydrogen-bond acceptors (Lipinski definition) is 1. The number of nitrogens with one attached hydrogen (secondary N) is 1. The van der Waals surface area contributed by atoms with Gasteiger partial charge in [0, 0.05) is 9.50 Å². The van der Waals surface area contributed by atoms with Crippen LogP contribution in [0.4, 0.5) is 0 Å². The lowest BCUT2D eigenvalue weighted by Gasteiger charge is -2.19. The van der Waals surface area contributed by atoms with Gasteiger partial charge in [-0.2, -0.15) is 0 Å². The Bertz CT molecular complexity index is 785. The molecule has 0 amide bonds. The van der Waals surface area contributed by atoms with Gasteiger partial charge >= 0.3 is 0 Å². The maximum absolute atomic E-state index is 6.34. The smallest absolute Gasteiger partial charge is 0.0589 e. The van der Waals surface area contributed by atoms with E-state index in [2.05, 4.69) is 63.7 Å². The van der Waals surface area contributed by atoms with Crippen molar-refractivity contribution in [3.8, 4) is 0 Å². The first-order valence-electron chi connectivity index (χ1n) is 6.80.